The van der Waals surface area contributed by atoms with Crippen molar-refractivity contribution in [3.8, 4) is 0 Å². The summed E-state index contributed by atoms with van der Waals surface area (Å²) in [5, 5.41) is 10.1. The van der Waals surface area contributed by atoms with E-state index in [1.54, 1.807) is 18.3 Å². The van der Waals surface area contributed by atoms with Gasteiger partial charge in [0.05, 0.1) is 0 Å². The number of halogens is 1. The summed E-state index contributed by atoms with van der Waals surface area (Å²) in [4.78, 5) is 15.4. The van der Waals surface area contributed by atoms with Gasteiger partial charge < -0.3 is 5.32 Å². The van der Waals surface area contributed by atoms with Crippen LogP contribution in [0.15, 0.2) is 66.9 Å². The molecule has 1 amide bonds. The Morgan fingerprint density at radius 2 is 1.79 bits per heavy atom. The number of H-pyrrole nitrogens is 1. The monoisotopic (exact) mass is 378 g/mol. The van der Waals surface area contributed by atoms with Gasteiger partial charge in [0.25, 0.3) is 0 Å². The maximum absolute atomic E-state index is 13.2. The molecule has 2 N–H and O–H groups in total. The number of hydrogen-bond acceptors (Lipinski definition) is 3. The van der Waals surface area contributed by atoms with Crippen LogP contribution < -0.4 is 5.32 Å². The fourth-order valence-electron chi connectivity index (χ4n) is 3.87. The summed E-state index contributed by atoms with van der Waals surface area (Å²) in [6, 6.07) is 17.3. The molecule has 1 fully saturated rings. The SMILES string of the molecule is O=C(Nc1ccc(F)cc1)[C@H](c1ccccc1)N1CCC(c2ccn[nH]2)CC1. The van der Waals surface area contributed by atoms with Crippen LogP contribution in [0.5, 0.6) is 0 Å². The minimum atomic E-state index is -0.381. The summed E-state index contributed by atoms with van der Waals surface area (Å²) >= 11 is 0. The standard InChI is InChI=1S/C22H23FN4O/c23-18-6-8-19(9-7-18)25-22(28)21(17-4-2-1-3-5-17)27-14-11-16(12-15-27)20-10-13-24-26-20/h1-10,13,16,21H,11-12,14-15H2,(H,24,26)(H,25,28)/t21-/m0/s1. The summed E-state index contributed by atoms with van der Waals surface area (Å²) in [5.41, 5.74) is 2.72. The third kappa shape index (κ3) is 4.12. The summed E-state index contributed by atoms with van der Waals surface area (Å²) in [6.45, 7) is 1.64. The van der Waals surface area contributed by atoms with E-state index in [0.29, 0.717) is 11.6 Å². The highest BCUT2D eigenvalue weighted by Crippen LogP contribution is 2.32. The van der Waals surface area contributed by atoms with E-state index in [0.717, 1.165) is 37.2 Å². The third-order valence-electron chi connectivity index (χ3n) is 5.33. The van der Waals surface area contributed by atoms with Crippen molar-refractivity contribution in [3.05, 3.63) is 83.9 Å². The van der Waals surface area contributed by atoms with Gasteiger partial charge in [0.2, 0.25) is 5.91 Å². The first-order valence-corrected chi connectivity index (χ1v) is 9.55. The van der Waals surface area contributed by atoms with Crippen LogP contribution in [-0.4, -0.2) is 34.1 Å². The van der Waals surface area contributed by atoms with Gasteiger partial charge >= 0.3 is 0 Å². The van der Waals surface area contributed by atoms with Gasteiger partial charge in [0, 0.05) is 23.5 Å². The first kappa shape index (κ1) is 18.4. The second-order valence-corrected chi connectivity index (χ2v) is 7.13. The van der Waals surface area contributed by atoms with Crippen LogP contribution in [0, 0.1) is 5.82 Å². The number of anilines is 1. The van der Waals surface area contributed by atoms with Crippen molar-refractivity contribution in [3.63, 3.8) is 0 Å². The van der Waals surface area contributed by atoms with Crippen molar-refractivity contribution in [2.45, 2.75) is 24.8 Å². The molecular formula is C22H23FN4O. The average molecular weight is 378 g/mol. The molecule has 1 atom stereocenters. The number of hydrogen-bond donors (Lipinski definition) is 2. The van der Waals surface area contributed by atoms with E-state index in [1.165, 1.54) is 12.1 Å². The molecule has 1 saturated heterocycles. The van der Waals surface area contributed by atoms with Gasteiger partial charge in [-0.2, -0.15) is 5.10 Å². The molecule has 0 radical (unpaired) electrons. The maximum Gasteiger partial charge on any atom is 0.246 e. The number of carbonyl (C=O) groups excluding carboxylic acids is 1. The smallest absolute Gasteiger partial charge is 0.246 e. The Labute approximate surface area is 163 Å². The van der Waals surface area contributed by atoms with E-state index in [-0.39, 0.29) is 17.8 Å². The Morgan fingerprint density at radius 1 is 1.07 bits per heavy atom. The Balaban J connectivity index is 1.51. The van der Waals surface area contributed by atoms with Gasteiger partial charge in [-0.25, -0.2) is 4.39 Å². The molecule has 3 aromatic rings. The van der Waals surface area contributed by atoms with Crippen molar-refractivity contribution in [2.75, 3.05) is 18.4 Å². The van der Waals surface area contributed by atoms with E-state index in [9.17, 15) is 9.18 Å². The molecule has 1 aromatic heterocycles. The molecule has 5 nitrogen and oxygen atoms in total. The molecule has 0 saturated carbocycles. The molecule has 1 aliphatic heterocycles. The van der Waals surface area contributed by atoms with Gasteiger partial charge in [-0.15, -0.1) is 0 Å². The molecule has 144 valence electrons. The Morgan fingerprint density at radius 3 is 2.43 bits per heavy atom. The summed E-state index contributed by atoms with van der Waals surface area (Å²) in [7, 11) is 0. The highest BCUT2D eigenvalue weighted by molar-refractivity contribution is 5.95. The lowest BCUT2D eigenvalue weighted by molar-refractivity contribution is -0.122. The van der Waals surface area contributed by atoms with E-state index < -0.39 is 0 Å². The molecule has 0 spiro atoms. The largest absolute Gasteiger partial charge is 0.324 e. The van der Waals surface area contributed by atoms with Gasteiger partial charge in [-0.05, 0) is 61.8 Å². The summed E-state index contributed by atoms with van der Waals surface area (Å²) < 4.78 is 13.2. The molecule has 4 rings (SSSR count). The molecule has 6 heteroatoms. The number of aromatic amines is 1. The van der Waals surface area contributed by atoms with Gasteiger partial charge in [-0.3, -0.25) is 14.8 Å². The zero-order chi connectivity index (χ0) is 19.3. The summed E-state index contributed by atoms with van der Waals surface area (Å²) in [5.74, 6) is 0.0200. The highest BCUT2D eigenvalue weighted by atomic mass is 19.1. The first-order valence-electron chi connectivity index (χ1n) is 9.55. The third-order valence-corrected chi connectivity index (χ3v) is 5.33. The number of nitrogens with zero attached hydrogens (tertiary/aromatic N) is 2. The highest BCUT2D eigenvalue weighted by Gasteiger charge is 2.31. The molecule has 2 heterocycles. The van der Waals surface area contributed by atoms with E-state index in [2.05, 4.69) is 20.4 Å². The second kappa shape index (κ2) is 8.35. The van der Waals surface area contributed by atoms with E-state index in [1.807, 2.05) is 36.4 Å². The maximum atomic E-state index is 13.2. The fraction of sp³-hybridized carbons (Fsp3) is 0.273. The van der Waals surface area contributed by atoms with Crippen LogP contribution in [0.25, 0.3) is 0 Å². The predicted octanol–water partition coefficient (Wildman–Crippen LogP) is 4.11. The molecule has 0 aliphatic carbocycles. The van der Waals surface area contributed by atoms with Crippen LogP contribution in [0.2, 0.25) is 0 Å². The number of likely N-dealkylation sites (tertiary alicyclic amines) is 1. The van der Waals surface area contributed by atoms with Crippen LogP contribution in [0.3, 0.4) is 0 Å². The van der Waals surface area contributed by atoms with E-state index in [4.69, 9.17) is 0 Å². The molecule has 0 unspecified atom stereocenters. The number of piperidine rings is 1. The fourth-order valence-corrected chi connectivity index (χ4v) is 3.87. The Hall–Kier alpha value is -2.99. The van der Waals surface area contributed by atoms with Gasteiger partial charge in [0.1, 0.15) is 11.9 Å². The minimum absolute atomic E-state index is 0.0993. The molecule has 28 heavy (non-hydrogen) atoms. The molecular weight excluding hydrogens is 355 g/mol. The first-order chi connectivity index (χ1) is 13.7. The zero-order valence-electron chi connectivity index (χ0n) is 15.5. The van der Waals surface area contributed by atoms with Crippen molar-refractivity contribution in [1.29, 1.82) is 0 Å². The second-order valence-electron chi connectivity index (χ2n) is 7.13. The lowest BCUT2D eigenvalue weighted by Gasteiger charge is -2.36. The average Bonchev–Trinajstić information content (AvgIpc) is 3.26. The molecule has 0 bridgehead atoms. The van der Waals surface area contributed by atoms with Gasteiger partial charge in [0.15, 0.2) is 0 Å². The van der Waals surface area contributed by atoms with Gasteiger partial charge in [-0.1, -0.05) is 30.3 Å². The van der Waals surface area contributed by atoms with Crippen molar-refractivity contribution < 1.29 is 9.18 Å². The Bertz CT molecular complexity index is 888. The quantitative estimate of drug-likeness (QED) is 0.702. The predicted molar refractivity (Wildman–Crippen MR) is 106 cm³/mol. The summed E-state index contributed by atoms with van der Waals surface area (Å²) in [6.07, 6.45) is 3.72. The zero-order valence-corrected chi connectivity index (χ0v) is 15.5. The van der Waals surface area contributed by atoms with Crippen LogP contribution in [-0.2, 0) is 4.79 Å². The van der Waals surface area contributed by atoms with Crippen molar-refractivity contribution >= 4 is 11.6 Å². The minimum Gasteiger partial charge on any atom is -0.324 e. The van der Waals surface area contributed by atoms with Crippen molar-refractivity contribution in [2.24, 2.45) is 0 Å². The lowest BCUT2D eigenvalue weighted by atomic mass is 9.91. The van der Waals surface area contributed by atoms with E-state index >= 15 is 0 Å². The number of nitrogens with one attached hydrogen (secondary N) is 2. The van der Waals surface area contributed by atoms with Crippen LogP contribution >= 0.6 is 0 Å². The van der Waals surface area contributed by atoms with Crippen LogP contribution in [0.4, 0.5) is 10.1 Å². The lowest BCUT2D eigenvalue weighted by Crippen LogP contribution is -2.41. The number of rotatable bonds is 5. The normalized spacial score (nSPS) is 16.6. The number of carbonyl (C=O) groups is 1. The number of aromatic nitrogens is 2. The Kier molecular flexibility index (Phi) is 5.48. The number of amides is 1. The van der Waals surface area contributed by atoms with Crippen LogP contribution in [0.1, 0.15) is 36.1 Å². The molecule has 1 aliphatic rings. The molecule has 2 aromatic carbocycles. The number of benzene rings is 2. The topological polar surface area (TPSA) is 61.0 Å². The van der Waals surface area contributed by atoms with Crippen molar-refractivity contribution in [1.82, 2.24) is 15.1 Å².